The van der Waals surface area contributed by atoms with Crippen molar-refractivity contribution in [1.82, 2.24) is 9.55 Å². The molecule has 1 amide bonds. The number of nitrogens with one attached hydrogen (secondary N) is 1. The van der Waals surface area contributed by atoms with Crippen LogP contribution in [0.1, 0.15) is 13.2 Å². The molecule has 0 aliphatic heterocycles. The van der Waals surface area contributed by atoms with E-state index in [0.717, 1.165) is 17.7 Å². The summed E-state index contributed by atoms with van der Waals surface area (Å²) < 4.78 is 19.3. The maximum Gasteiger partial charge on any atom is 0.351 e. The summed E-state index contributed by atoms with van der Waals surface area (Å²) in [6.07, 6.45) is -2.01. The zero-order valence-electron chi connectivity index (χ0n) is 13.2. The van der Waals surface area contributed by atoms with Gasteiger partial charge >= 0.3 is 5.69 Å². The van der Waals surface area contributed by atoms with Crippen molar-refractivity contribution in [3.05, 3.63) is 33.2 Å². The van der Waals surface area contributed by atoms with Crippen LogP contribution in [0.3, 0.4) is 0 Å². The van der Waals surface area contributed by atoms with Crippen LogP contribution in [0.4, 0.5) is 10.2 Å². The number of halogens is 1. The van der Waals surface area contributed by atoms with Gasteiger partial charge in [0.2, 0.25) is 5.91 Å². The highest BCUT2D eigenvalue weighted by Gasteiger charge is 2.39. The lowest BCUT2D eigenvalue weighted by atomic mass is 10.1. The van der Waals surface area contributed by atoms with E-state index in [1.165, 1.54) is 6.07 Å². The number of primary amides is 1. The van der Waals surface area contributed by atoms with Crippen LogP contribution >= 0.6 is 0 Å². The molecule has 13 heteroatoms. The number of aromatic nitrogens is 2. The first kappa shape index (κ1) is 20.3. The second-order valence-electron chi connectivity index (χ2n) is 4.92. The van der Waals surface area contributed by atoms with Crippen molar-refractivity contribution in [2.24, 2.45) is 10.8 Å². The molecule has 138 valence electrons. The maximum atomic E-state index is 13.4. The Labute approximate surface area is 140 Å². The molecule has 1 aromatic rings. The van der Waals surface area contributed by atoms with Crippen molar-refractivity contribution < 1.29 is 24.1 Å². The van der Waals surface area contributed by atoms with Crippen molar-refractivity contribution >= 4 is 11.7 Å². The Hall–Kier alpha value is -2.73. The lowest BCUT2D eigenvalue weighted by Gasteiger charge is -2.33. The van der Waals surface area contributed by atoms with Crippen molar-refractivity contribution in [3.63, 3.8) is 0 Å². The van der Waals surface area contributed by atoms with Gasteiger partial charge in [-0.2, -0.15) is 4.98 Å². The number of carbonyl (C=O) groups excluding carboxylic acids is 1. The van der Waals surface area contributed by atoms with Crippen molar-refractivity contribution in [2.75, 3.05) is 25.1 Å². The molecular weight excluding hydrogens is 341 g/mol. The minimum absolute atomic E-state index is 0.0247. The van der Waals surface area contributed by atoms with Gasteiger partial charge in [-0.3, -0.25) is 9.36 Å². The summed E-state index contributed by atoms with van der Waals surface area (Å²) in [5, 5.41) is 24.7. The van der Waals surface area contributed by atoms with Crippen LogP contribution in [0.15, 0.2) is 22.2 Å². The number of anilines is 1. The number of rotatable bonds is 10. The standard InChI is InChI=1S/C12H18FN7O5/c1-7(22)12(6-21,18-19-15)25-10(4-13)20-3-2-9(17-11(20)24)16-5-8(14)23/h2-3,7,10,21-22H,4-6H2,1H3,(H2,14,23)(H,16,17,24)/t7-,10-,12-/m1/s1. The summed E-state index contributed by atoms with van der Waals surface area (Å²) in [4.78, 5) is 28.7. The molecule has 5 N–H and O–H groups in total. The summed E-state index contributed by atoms with van der Waals surface area (Å²) in [5.74, 6) is -0.647. The third-order valence-electron chi connectivity index (χ3n) is 3.15. The van der Waals surface area contributed by atoms with Gasteiger partial charge in [0.1, 0.15) is 12.5 Å². The number of nitrogens with two attached hydrogens (primary N) is 1. The first-order valence-electron chi connectivity index (χ1n) is 7.00. The summed E-state index contributed by atoms with van der Waals surface area (Å²) in [6, 6.07) is 1.26. The van der Waals surface area contributed by atoms with Crippen LogP contribution in [0.5, 0.6) is 0 Å². The second kappa shape index (κ2) is 8.94. The predicted octanol–water partition coefficient (Wildman–Crippen LogP) is -0.995. The third-order valence-corrected chi connectivity index (χ3v) is 3.15. The average molecular weight is 359 g/mol. The van der Waals surface area contributed by atoms with Crippen LogP contribution in [0.2, 0.25) is 0 Å². The maximum absolute atomic E-state index is 13.4. The SMILES string of the molecule is C[C@@H](O)[C@](CO)(N=[N+]=[N-])O[C@H](CF)n1ccc(NCC(N)=O)nc1=O. The molecule has 0 saturated heterocycles. The van der Waals surface area contributed by atoms with E-state index in [1.54, 1.807) is 0 Å². The first-order valence-corrected chi connectivity index (χ1v) is 7.00. The summed E-state index contributed by atoms with van der Waals surface area (Å²) in [6.45, 7) is -1.29. The Morgan fingerprint density at radius 3 is 2.84 bits per heavy atom. The fourth-order valence-electron chi connectivity index (χ4n) is 1.79. The lowest BCUT2D eigenvalue weighted by Crippen LogP contribution is -2.48. The number of amides is 1. The first-order chi connectivity index (χ1) is 11.8. The number of aliphatic hydroxyl groups is 2. The van der Waals surface area contributed by atoms with Crippen LogP contribution in [-0.4, -0.2) is 57.3 Å². The van der Waals surface area contributed by atoms with E-state index in [9.17, 15) is 24.2 Å². The van der Waals surface area contributed by atoms with E-state index in [2.05, 4.69) is 20.3 Å². The number of hydrogen-bond donors (Lipinski definition) is 4. The van der Waals surface area contributed by atoms with Crippen molar-refractivity contribution in [2.45, 2.75) is 25.0 Å². The van der Waals surface area contributed by atoms with Crippen molar-refractivity contribution in [3.8, 4) is 0 Å². The Bertz CT molecular complexity index is 705. The molecule has 1 aromatic heterocycles. The molecule has 0 aromatic carbocycles. The van der Waals surface area contributed by atoms with Gasteiger partial charge in [-0.15, -0.1) is 0 Å². The molecule has 0 aliphatic carbocycles. The molecule has 12 nitrogen and oxygen atoms in total. The lowest BCUT2D eigenvalue weighted by molar-refractivity contribution is -0.193. The average Bonchev–Trinajstić information content (AvgIpc) is 2.57. The number of azide groups is 1. The van der Waals surface area contributed by atoms with Gasteiger partial charge in [-0.05, 0) is 18.5 Å². The van der Waals surface area contributed by atoms with E-state index >= 15 is 0 Å². The molecule has 0 fully saturated rings. The Kier molecular flexibility index (Phi) is 7.26. The van der Waals surface area contributed by atoms with Crippen molar-refractivity contribution in [1.29, 1.82) is 0 Å². The molecule has 0 spiro atoms. The predicted molar refractivity (Wildman–Crippen MR) is 82.9 cm³/mol. The Balaban J connectivity index is 3.12. The number of aliphatic hydroxyl groups excluding tert-OH is 2. The zero-order chi connectivity index (χ0) is 19.0. The third kappa shape index (κ3) is 5.12. The van der Waals surface area contributed by atoms with E-state index in [1.807, 2.05) is 0 Å². The molecule has 3 atom stereocenters. The zero-order valence-corrected chi connectivity index (χ0v) is 13.2. The highest BCUT2D eigenvalue weighted by molar-refractivity contribution is 5.78. The molecule has 0 saturated carbocycles. The molecule has 0 radical (unpaired) electrons. The van der Waals surface area contributed by atoms with Gasteiger partial charge in [0, 0.05) is 11.1 Å². The van der Waals surface area contributed by atoms with Crippen LogP contribution in [0.25, 0.3) is 10.4 Å². The van der Waals surface area contributed by atoms with Gasteiger partial charge in [0.25, 0.3) is 0 Å². The van der Waals surface area contributed by atoms with Gasteiger partial charge in [-0.1, -0.05) is 5.11 Å². The summed E-state index contributed by atoms with van der Waals surface area (Å²) in [5.41, 5.74) is 10.4. The van der Waals surface area contributed by atoms with Gasteiger partial charge in [-0.25, -0.2) is 9.18 Å². The number of ether oxygens (including phenoxy) is 1. The minimum Gasteiger partial charge on any atom is -0.393 e. The monoisotopic (exact) mass is 359 g/mol. The molecule has 0 bridgehead atoms. The largest absolute Gasteiger partial charge is 0.393 e. The number of alkyl halides is 1. The molecule has 25 heavy (non-hydrogen) atoms. The molecule has 1 heterocycles. The molecule has 1 rings (SSSR count). The molecule has 0 unspecified atom stereocenters. The van der Waals surface area contributed by atoms with Crippen LogP contribution in [-0.2, 0) is 9.53 Å². The smallest absolute Gasteiger partial charge is 0.351 e. The highest BCUT2D eigenvalue weighted by Crippen LogP contribution is 2.25. The Morgan fingerprint density at radius 1 is 1.72 bits per heavy atom. The van der Waals surface area contributed by atoms with Crippen LogP contribution < -0.4 is 16.7 Å². The Morgan fingerprint density at radius 2 is 2.40 bits per heavy atom. The van der Waals surface area contributed by atoms with E-state index < -0.39 is 42.9 Å². The molecular formula is C12H18FN7O5. The van der Waals surface area contributed by atoms with Gasteiger partial charge < -0.3 is 26.0 Å². The molecule has 0 aliphatic rings. The van der Waals surface area contributed by atoms with Crippen LogP contribution in [0, 0.1) is 0 Å². The highest BCUT2D eigenvalue weighted by atomic mass is 19.1. The summed E-state index contributed by atoms with van der Waals surface area (Å²) >= 11 is 0. The van der Waals surface area contributed by atoms with Gasteiger partial charge in [0.05, 0.1) is 19.3 Å². The number of nitrogens with zero attached hydrogens (tertiary/aromatic N) is 5. The fraction of sp³-hybridized carbons (Fsp3) is 0.583. The summed E-state index contributed by atoms with van der Waals surface area (Å²) in [7, 11) is 0. The number of hydrogen-bond acceptors (Lipinski definition) is 8. The van der Waals surface area contributed by atoms with Gasteiger partial charge in [0.15, 0.2) is 12.0 Å². The van der Waals surface area contributed by atoms with E-state index in [4.69, 9.17) is 16.0 Å². The second-order valence-corrected chi connectivity index (χ2v) is 4.92. The van der Waals surface area contributed by atoms with E-state index in [0.29, 0.717) is 0 Å². The topological polar surface area (TPSA) is 188 Å². The van der Waals surface area contributed by atoms with E-state index in [-0.39, 0.29) is 12.4 Å². The normalized spacial score (nSPS) is 15.5. The number of carbonyl (C=O) groups is 1. The minimum atomic E-state index is -2.19. The quantitative estimate of drug-likeness (QED) is 0.234. The fourth-order valence-corrected chi connectivity index (χ4v) is 1.79.